The highest BCUT2D eigenvalue weighted by Crippen LogP contribution is 2.03. The average Bonchev–Trinajstić information content (AvgIpc) is 2.66. The Bertz CT molecular complexity index is 238. The van der Waals surface area contributed by atoms with Crippen molar-refractivity contribution in [1.82, 2.24) is 10.2 Å². The van der Waals surface area contributed by atoms with Gasteiger partial charge in [0.1, 0.15) is 0 Å². The Morgan fingerprint density at radius 2 is 2.33 bits per heavy atom. The average molecular weight is 216 g/mol. The molecule has 1 heterocycles. The summed E-state index contributed by atoms with van der Waals surface area (Å²) < 4.78 is 5.11. The zero-order valence-corrected chi connectivity index (χ0v) is 8.73. The monoisotopic (exact) mass is 216 g/mol. The molecule has 0 aromatic rings. The lowest BCUT2D eigenvalue weighted by atomic mass is 10.3. The number of carboxylic acids is 1. The third-order valence-electron chi connectivity index (χ3n) is 2.27. The van der Waals surface area contributed by atoms with Crippen LogP contribution < -0.4 is 5.32 Å². The van der Waals surface area contributed by atoms with E-state index in [0.29, 0.717) is 13.2 Å². The number of hydrogen-bond acceptors (Lipinski definition) is 3. The van der Waals surface area contributed by atoms with E-state index in [4.69, 9.17) is 9.84 Å². The smallest absolute Gasteiger partial charge is 0.317 e. The Kier molecular flexibility index (Phi) is 4.36. The summed E-state index contributed by atoms with van der Waals surface area (Å²) in [5.74, 6) is -0.904. The van der Waals surface area contributed by atoms with Gasteiger partial charge in [-0.25, -0.2) is 4.79 Å². The molecule has 0 saturated carbocycles. The summed E-state index contributed by atoms with van der Waals surface area (Å²) in [6.45, 7) is 1.43. The quantitative estimate of drug-likeness (QED) is 0.687. The lowest BCUT2D eigenvalue weighted by Gasteiger charge is -2.19. The van der Waals surface area contributed by atoms with Crippen molar-refractivity contribution < 1.29 is 19.4 Å². The van der Waals surface area contributed by atoms with E-state index in [-0.39, 0.29) is 25.0 Å². The molecule has 1 rings (SSSR count). The molecule has 86 valence electrons. The van der Waals surface area contributed by atoms with Crippen molar-refractivity contribution in [1.29, 1.82) is 0 Å². The molecule has 1 saturated heterocycles. The molecule has 1 unspecified atom stereocenters. The van der Waals surface area contributed by atoms with Crippen molar-refractivity contribution in [2.45, 2.75) is 18.9 Å². The molecule has 0 aliphatic carbocycles. The lowest BCUT2D eigenvalue weighted by Crippen LogP contribution is -2.43. The highest BCUT2D eigenvalue weighted by molar-refractivity contribution is 5.75. The van der Waals surface area contributed by atoms with E-state index in [2.05, 4.69) is 5.32 Å². The zero-order valence-electron chi connectivity index (χ0n) is 8.73. The second-order valence-electron chi connectivity index (χ2n) is 3.58. The van der Waals surface area contributed by atoms with Crippen LogP contribution in [0.4, 0.5) is 4.79 Å². The Labute approximate surface area is 88.2 Å². The van der Waals surface area contributed by atoms with Crippen molar-refractivity contribution in [3.63, 3.8) is 0 Å². The molecule has 2 N–H and O–H groups in total. The first-order valence-corrected chi connectivity index (χ1v) is 4.90. The van der Waals surface area contributed by atoms with Crippen LogP contribution in [0.5, 0.6) is 0 Å². The second kappa shape index (κ2) is 5.55. The Balaban J connectivity index is 2.22. The molecule has 1 aliphatic rings. The first-order valence-electron chi connectivity index (χ1n) is 4.90. The fourth-order valence-electron chi connectivity index (χ4n) is 1.30. The van der Waals surface area contributed by atoms with Gasteiger partial charge in [-0.2, -0.15) is 0 Å². The van der Waals surface area contributed by atoms with Gasteiger partial charge in [0.25, 0.3) is 0 Å². The van der Waals surface area contributed by atoms with Gasteiger partial charge >= 0.3 is 12.0 Å². The molecule has 1 aliphatic heterocycles. The normalized spacial score (nSPS) is 19.9. The van der Waals surface area contributed by atoms with Crippen molar-refractivity contribution in [2.75, 3.05) is 26.8 Å². The molecule has 0 radical (unpaired) electrons. The molecule has 6 heteroatoms. The first-order chi connectivity index (χ1) is 7.09. The fraction of sp³-hybridized carbons (Fsp3) is 0.778. The summed E-state index contributed by atoms with van der Waals surface area (Å²) in [7, 11) is 1.58. The number of aliphatic carboxylic acids is 1. The van der Waals surface area contributed by atoms with E-state index in [9.17, 15) is 9.59 Å². The van der Waals surface area contributed by atoms with E-state index in [0.717, 1.165) is 6.42 Å². The highest BCUT2D eigenvalue weighted by Gasteiger charge is 2.19. The number of ether oxygens (including phenoxy) is 1. The Morgan fingerprint density at radius 1 is 1.60 bits per heavy atom. The van der Waals surface area contributed by atoms with Gasteiger partial charge in [-0.05, 0) is 6.42 Å². The van der Waals surface area contributed by atoms with Gasteiger partial charge in [-0.1, -0.05) is 0 Å². The molecule has 1 fully saturated rings. The fourth-order valence-corrected chi connectivity index (χ4v) is 1.30. The van der Waals surface area contributed by atoms with Crippen LogP contribution in [0.15, 0.2) is 0 Å². The van der Waals surface area contributed by atoms with Gasteiger partial charge in [-0.15, -0.1) is 0 Å². The highest BCUT2D eigenvalue weighted by atomic mass is 16.5. The van der Waals surface area contributed by atoms with Crippen LogP contribution in [-0.4, -0.2) is 54.9 Å². The van der Waals surface area contributed by atoms with Gasteiger partial charge in [0.2, 0.25) is 0 Å². The van der Waals surface area contributed by atoms with Crippen LogP contribution in [0.3, 0.4) is 0 Å². The third kappa shape index (κ3) is 4.16. The first kappa shape index (κ1) is 11.8. The van der Waals surface area contributed by atoms with E-state index >= 15 is 0 Å². The molecule has 1 atom stereocenters. The summed E-state index contributed by atoms with van der Waals surface area (Å²) in [5.41, 5.74) is 0. The van der Waals surface area contributed by atoms with Crippen LogP contribution in [0.2, 0.25) is 0 Å². The minimum absolute atomic E-state index is 0.0366. The van der Waals surface area contributed by atoms with Crippen molar-refractivity contribution in [3.05, 3.63) is 0 Å². The number of urea groups is 1. The second-order valence-corrected chi connectivity index (χ2v) is 3.58. The maximum atomic E-state index is 11.5. The van der Waals surface area contributed by atoms with Gasteiger partial charge < -0.3 is 20.1 Å². The number of nitrogens with one attached hydrogen (secondary N) is 1. The van der Waals surface area contributed by atoms with Gasteiger partial charge in [-0.3, -0.25) is 4.79 Å². The molecule has 6 nitrogen and oxygen atoms in total. The summed E-state index contributed by atoms with van der Waals surface area (Å²) in [6, 6.07) is -0.184. The van der Waals surface area contributed by atoms with Crippen molar-refractivity contribution in [3.8, 4) is 0 Å². The van der Waals surface area contributed by atoms with Crippen LogP contribution in [0, 0.1) is 0 Å². The maximum Gasteiger partial charge on any atom is 0.317 e. The topological polar surface area (TPSA) is 78.9 Å². The third-order valence-corrected chi connectivity index (χ3v) is 2.27. The van der Waals surface area contributed by atoms with Crippen LogP contribution in [0.25, 0.3) is 0 Å². The number of hydrogen-bond donors (Lipinski definition) is 2. The lowest BCUT2D eigenvalue weighted by molar-refractivity contribution is -0.137. The standard InChI is InChI=1S/C9H16N2O4/c1-11(4-2-8(12)13)9(14)10-7-3-5-15-6-7/h7H,2-6H2,1H3,(H,10,14)(H,12,13). The Morgan fingerprint density at radius 3 is 2.87 bits per heavy atom. The number of carbonyl (C=O) groups is 2. The predicted octanol–water partition coefficient (Wildman–Crippen LogP) is -0.109. The van der Waals surface area contributed by atoms with Crippen molar-refractivity contribution >= 4 is 12.0 Å². The molecular formula is C9H16N2O4. The minimum atomic E-state index is -0.904. The SMILES string of the molecule is CN(CCC(=O)O)C(=O)NC1CCOC1. The van der Waals surface area contributed by atoms with Crippen LogP contribution in [-0.2, 0) is 9.53 Å². The summed E-state index contributed by atoms with van der Waals surface area (Å²) >= 11 is 0. The molecule has 0 spiro atoms. The molecule has 0 aromatic heterocycles. The number of carboxylic acid groups (broad SMARTS) is 1. The molecule has 2 amide bonds. The number of carbonyl (C=O) groups excluding carboxylic acids is 1. The minimum Gasteiger partial charge on any atom is -0.481 e. The maximum absolute atomic E-state index is 11.5. The Hall–Kier alpha value is -1.30. The van der Waals surface area contributed by atoms with E-state index in [1.54, 1.807) is 7.05 Å². The van der Waals surface area contributed by atoms with Gasteiger partial charge in [0.05, 0.1) is 19.1 Å². The van der Waals surface area contributed by atoms with Gasteiger partial charge in [0, 0.05) is 20.2 Å². The molecule has 0 aromatic carbocycles. The molecule has 0 bridgehead atoms. The summed E-state index contributed by atoms with van der Waals surface area (Å²) in [5, 5.41) is 11.2. The van der Waals surface area contributed by atoms with Gasteiger partial charge in [0.15, 0.2) is 0 Å². The van der Waals surface area contributed by atoms with Crippen LogP contribution in [0.1, 0.15) is 12.8 Å². The number of amides is 2. The summed E-state index contributed by atoms with van der Waals surface area (Å²) in [4.78, 5) is 23.1. The molecule has 15 heavy (non-hydrogen) atoms. The van der Waals surface area contributed by atoms with E-state index < -0.39 is 5.97 Å². The van der Waals surface area contributed by atoms with Crippen molar-refractivity contribution in [2.24, 2.45) is 0 Å². The predicted molar refractivity (Wildman–Crippen MR) is 52.6 cm³/mol. The number of nitrogens with zero attached hydrogens (tertiary/aromatic N) is 1. The largest absolute Gasteiger partial charge is 0.481 e. The van der Waals surface area contributed by atoms with E-state index in [1.165, 1.54) is 4.90 Å². The van der Waals surface area contributed by atoms with E-state index in [1.807, 2.05) is 0 Å². The van der Waals surface area contributed by atoms with Crippen LogP contribution >= 0.6 is 0 Å². The molecular weight excluding hydrogens is 200 g/mol. The summed E-state index contributed by atoms with van der Waals surface area (Å²) in [6.07, 6.45) is 0.781. The number of rotatable bonds is 4. The zero-order chi connectivity index (χ0) is 11.3.